The molecule has 6 nitrogen and oxygen atoms in total. The third kappa shape index (κ3) is 3.93. The number of likely N-dealkylation sites (tertiary alicyclic amines) is 1. The molecule has 2 aromatic heterocycles. The number of benzene rings is 1. The summed E-state index contributed by atoms with van der Waals surface area (Å²) in [6.45, 7) is 3.67. The van der Waals surface area contributed by atoms with Crippen molar-refractivity contribution in [2.75, 3.05) is 13.1 Å². The molecule has 1 saturated heterocycles. The van der Waals surface area contributed by atoms with Crippen molar-refractivity contribution < 1.29 is 4.39 Å². The summed E-state index contributed by atoms with van der Waals surface area (Å²) in [6, 6.07) is 7.02. The van der Waals surface area contributed by atoms with Gasteiger partial charge < -0.3 is 0 Å². The second-order valence-electron chi connectivity index (χ2n) is 6.56. The zero-order valence-corrected chi connectivity index (χ0v) is 14.0. The molecule has 0 spiro atoms. The smallest absolute Gasteiger partial charge is 0.137 e. The van der Waals surface area contributed by atoms with Crippen molar-refractivity contribution in [2.24, 2.45) is 0 Å². The van der Waals surface area contributed by atoms with E-state index in [1.54, 1.807) is 24.8 Å². The molecule has 0 unspecified atom stereocenters. The Morgan fingerprint density at radius 2 is 1.80 bits per heavy atom. The summed E-state index contributed by atoms with van der Waals surface area (Å²) in [7, 11) is 0. The van der Waals surface area contributed by atoms with Gasteiger partial charge >= 0.3 is 0 Å². The van der Waals surface area contributed by atoms with Gasteiger partial charge in [-0.25, -0.2) is 14.1 Å². The maximum absolute atomic E-state index is 13.0. The molecule has 1 aromatic carbocycles. The molecule has 0 aliphatic carbocycles. The lowest BCUT2D eigenvalue weighted by Gasteiger charge is -2.31. The molecule has 3 heterocycles. The SMILES string of the molecule is Fc1ccc(Cn2cc(CN3CCC(n4cncn4)CC3)cn2)cc1. The topological polar surface area (TPSA) is 51.8 Å². The van der Waals surface area contributed by atoms with Crippen LogP contribution in [0.15, 0.2) is 49.3 Å². The Labute approximate surface area is 145 Å². The maximum atomic E-state index is 13.0. The van der Waals surface area contributed by atoms with E-state index in [1.165, 1.54) is 17.7 Å². The molecule has 0 N–H and O–H groups in total. The zero-order chi connectivity index (χ0) is 17.1. The highest BCUT2D eigenvalue weighted by Crippen LogP contribution is 2.22. The molecule has 25 heavy (non-hydrogen) atoms. The molecule has 7 heteroatoms. The van der Waals surface area contributed by atoms with Gasteiger partial charge in [0, 0.05) is 31.4 Å². The van der Waals surface area contributed by atoms with Crippen molar-refractivity contribution in [2.45, 2.75) is 32.0 Å². The first-order chi connectivity index (χ1) is 12.3. The summed E-state index contributed by atoms with van der Waals surface area (Å²) in [6.07, 6.45) is 9.59. The molecule has 0 amide bonds. The number of aromatic nitrogens is 5. The number of piperidine rings is 1. The van der Waals surface area contributed by atoms with E-state index in [9.17, 15) is 4.39 Å². The van der Waals surface area contributed by atoms with E-state index >= 15 is 0 Å². The molecule has 0 bridgehead atoms. The largest absolute Gasteiger partial charge is 0.299 e. The Hall–Kier alpha value is -2.54. The molecule has 0 saturated carbocycles. The molecule has 1 fully saturated rings. The zero-order valence-electron chi connectivity index (χ0n) is 14.0. The third-order valence-electron chi connectivity index (χ3n) is 4.72. The van der Waals surface area contributed by atoms with Gasteiger partial charge in [-0.05, 0) is 30.5 Å². The molecule has 0 atom stereocenters. The van der Waals surface area contributed by atoms with E-state index in [0.29, 0.717) is 12.6 Å². The average molecular weight is 340 g/mol. The van der Waals surface area contributed by atoms with E-state index in [-0.39, 0.29) is 5.82 Å². The van der Waals surface area contributed by atoms with E-state index in [4.69, 9.17) is 0 Å². The van der Waals surface area contributed by atoms with Gasteiger partial charge in [-0.15, -0.1) is 0 Å². The molecule has 1 aliphatic heterocycles. The van der Waals surface area contributed by atoms with E-state index in [1.807, 2.05) is 15.6 Å². The molecule has 130 valence electrons. The van der Waals surface area contributed by atoms with Crippen LogP contribution in [0.4, 0.5) is 4.39 Å². The monoisotopic (exact) mass is 340 g/mol. The fraction of sp³-hybridized carbons (Fsp3) is 0.389. The lowest BCUT2D eigenvalue weighted by Crippen LogP contribution is -2.34. The number of rotatable bonds is 5. The molecule has 3 aromatic rings. The van der Waals surface area contributed by atoms with Crippen molar-refractivity contribution in [3.63, 3.8) is 0 Å². The van der Waals surface area contributed by atoms with Gasteiger partial charge in [-0.2, -0.15) is 10.2 Å². The van der Waals surface area contributed by atoms with Gasteiger partial charge in [0.25, 0.3) is 0 Å². The fourth-order valence-corrected chi connectivity index (χ4v) is 3.36. The normalized spacial score (nSPS) is 16.4. The highest BCUT2D eigenvalue weighted by Gasteiger charge is 2.21. The van der Waals surface area contributed by atoms with Crippen LogP contribution in [0.3, 0.4) is 0 Å². The van der Waals surface area contributed by atoms with Gasteiger partial charge in [0.05, 0.1) is 18.8 Å². The predicted molar refractivity (Wildman–Crippen MR) is 91.3 cm³/mol. The van der Waals surface area contributed by atoms with Crippen molar-refractivity contribution in [1.82, 2.24) is 29.4 Å². The number of nitrogens with zero attached hydrogens (tertiary/aromatic N) is 6. The predicted octanol–water partition coefficient (Wildman–Crippen LogP) is 2.50. The summed E-state index contributed by atoms with van der Waals surface area (Å²) in [5.74, 6) is -0.209. The highest BCUT2D eigenvalue weighted by atomic mass is 19.1. The van der Waals surface area contributed by atoms with E-state index < -0.39 is 0 Å². The van der Waals surface area contributed by atoms with Crippen LogP contribution >= 0.6 is 0 Å². The molecule has 0 radical (unpaired) electrons. The Balaban J connectivity index is 1.30. The lowest BCUT2D eigenvalue weighted by molar-refractivity contribution is 0.173. The summed E-state index contributed by atoms with van der Waals surface area (Å²) < 4.78 is 16.8. The average Bonchev–Trinajstić information content (AvgIpc) is 3.30. The second-order valence-corrected chi connectivity index (χ2v) is 6.56. The van der Waals surface area contributed by atoms with Crippen LogP contribution in [0.25, 0.3) is 0 Å². The highest BCUT2D eigenvalue weighted by molar-refractivity contribution is 5.16. The van der Waals surface area contributed by atoms with Crippen LogP contribution in [0.2, 0.25) is 0 Å². The molecular formula is C18H21FN6. The fourth-order valence-electron chi connectivity index (χ4n) is 3.36. The molecule has 1 aliphatic rings. The van der Waals surface area contributed by atoms with E-state index in [2.05, 4.69) is 26.3 Å². The first kappa shape index (κ1) is 16.0. The minimum Gasteiger partial charge on any atom is -0.299 e. The van der Waals surface area contributed by atoms with Gasteiger partial charge in [0.2, 0.25) is 0 Å². The molecule has 4 rings (SSSR count). The minimum atomic E-state index is -0.209. The van der Waals surface area contributed by atoms with Crippen molar-refractivity contribution >= 4 is 0 Å². The molecular weight excluding hydrogens is 319 g/mol. The van der Waals surface area contributed by atoms with Crippen LogP contribution < -0.4 is 0 Å². The van der Waals surface area contributed by atoms with E-state index in [0.717, 1.165) is 38.0 Å². The van der Waals surface area contributed by atoms with Crippen molar-refractivity contribution in [3.05, 3.63) is 66.3 Å². The van der Waals surface area contributed by atoms with Gasteiger partial charge in [-0.1, -0.05) is 12.1 Å². The number of halogens is 1. The Morgan fingerprint density at radius 1 is 1.00 bits per heavy atom. The maximum Gasteiger partial charge on any atom is 0.137 e. The summed E-state index contributed by atoms with van der Waals surface area (Å²) in [4.78, 5) is 6.48. The third-order valence-corrected chi connectivity index (χ3v) is 4.72. The van der Waals surface area contributed by atoms with Crippen LogP contribution in [-0.4, -0.2) is 42.5 Å². The Kier molecular flexibility index (Phi) is 4.56. The summed E-state index contributed by atoms with van der Waals surface area (Å²) in [5, 5.41) is 8.68. The van der Waals surface area contributed by atoms with Gasteiger partial charge in [0.15, 0.2) is 0 Å². The van der Waals surface area contributed by atoms with Crippen LogP contribution in [0.5, 0.6) is 0 Å². The van der Waals surface area contributed by atoms with Crippen molar-refractivity contribution in [1.29, 1.82) is 0 Å². The summed E-state index contributed by atoms with van der Waals surface area (Å²) >= 11 is 0. The lowest BCUT2D eigenvalue weighted by atomic mass is 10.1. The minimum absolute atomic E-state index is 0.209. The summed E-state index contributed by atoms with van der Waals surface area (Å²) in [5.41, 5.74) is 2.26. The van der Waals surface area contributed by atoms with Crippen molar-refractivity contribution in [3.8, 4) is 0 Å². The van der Waals surface area contributed by atoms with Crippen LogP contribution in [0.1, 0.15) is 30.0 Å². The van der Waals surface area contributed by atoms with Crippen LogP contribution in [0, 0.1) is 5.82 Å². The Morgan fingerprint density at radius 3 is 2.52 bits per heavy atom. The first-order valence-corrected chi connectivity index (χ1v) is 8.58. The second kappa shape index (κ2) is 7.14. The standard InChI is InChI=1S/C18H21FN6/c19-17-3-1-15(2-4-17)11-24-12-16(9-21-24)10-23-7-5-18(6-8-23)25-14-20-13-22-25/h1-4,9,12-14,18H,5-8,10-11H2. The number of hydrogen-bond donors (Lipinski definition) is 0. The Bertz CT molecular complexity index is 787. The van der Waals surface area contributed by atoms with Gasteiger partial charge in [0.1, 0.15) is 18.5 Å². The van der Waals surface area contributed by atoms with Crippen LogP contribution in [-0.2, 0) is 13.1 Å². The quantitative estimate of drug-likeness (QED) is 0.716. The number of hydrogen-bond acceptors (Lipinski definition) is 4. The van der Waals surface area contributed by atoms with Gasteiger partial charge in [-0.3, -0.25) is 9.58 Å². The first-order valence-electron chi connectivity index (χ1n) is 8.58.